The maximum absolute atomic E-state index is 6.73. The minimum atomic E-state index is -0.500. The zero-order valence-electron chi connectivity index (χ0n) is 14.1. The monoisotopic (exact) mass is 340 g/mol. The summed E-state index contributed by atoms with van der Waals surface area (Å²) in [6.45, 7) is 13.5. The molecule has 0 spiro atoms. The molecule has 0 amide bonds. The van der Waals surface area contributed by atoms with Crippen molar-refractivity contribution >= 4 is 32.7 Å². The van der Waals surface area contributed by atoms with Crippen molar-refractivity contribution in [3.05, 3.63) is 42.7 Å². The van der Waals surface area contributed by atoms with Crippen LogP contribution in [-0.2, 0) is 0 Å². The van der Waals surface area contributed by atoms with Crippen LogP contribution in [0, 0.1) is 5.41 Å². The second-order valence-corrected chi connectivity index (χ2v) is 9.37. The van der Waals surface area contributed by atoms with E-state index in [0.717, 1.165) is 22.9 Å². The molecule has 0 heterocycles. The Kier molecular flexibility index (Phi) is 4.97. The highest BCUT2D eigenvalue weighted by Crippen LogP contribution is 2.52. The molecule has 0 N–H and O–H groups in total. The molecule has 0 aromatic heterocycles. The standard InChI is InChI=1S/C18H26Cl2Si/c1-7-8-18(6)13(5)16(12(4)17(18)20)21-15-10(2)9-14(19)11(15)3/h7-9,21H2,1-6H3. The molecule has 0 fully saturated rings. The first-order chi connectivity index (χ1) is 9.74. The van der Waals surface area contributed by atoms with Crippen molar-refractivity contribution in [1.29, 1.82) is 0 Å². The molecule has 1 unspecified atom stereocenters. The molecule has 2 aliphatic rings. The summed E-state index contributed by atoms with van der Waals surface area (Å²) in [5, 5.41) is 5.23. The van der Waals surface area contributed by atoms with E-state index >= 15 is 0 Å². The first kappa shape index (κ1) is 17.1. The molecule has 1 atom stereocenters. The Morgan fingerprint density at radius 1 is 1.05 bits per heavy atom. The quantitative estimate of drug-likeness (QED) is 0.554. The zero-order chi connectivity index (χ0) is 15.9. The molecule has 3 heteroatoms. The maximum atomic E-state index is 6.73. The van der Waals surface area contributed by atoms with E-state index in [4.69, 9.17) is 23.2 Å². The average Bonchev–Trinajstić information content (AvgIpc) is 2.75. The fraction of sp³-hybridized carbons (Fsp3) is 0.556. The Morgan fingerprint density at radius 2 is 1.67 bits per heavy atom. The van der Waals surface area contributed by atoms with Crippen molar-refractivity contribution < 1.29 is 0 Å². The van der Waals surface area contributed by atoms with E-state index in [2.05, 4.69) is 41.5 Å². The molecule has 0 saturated heterocycles. The normalized spacial score (nSPS) is 27.4. The molecule has 0 aromatic rings. The number of hydrogen-bond acceptors (Lipinski definition) is 0. The Hall–Kier alpha value is -0.243. The van der Waals surface area contributed by atoms with E-state index in [1.165, 1.54) is 28.7 Å². The number of rotatable bonds is 4. The molecular formula is C18H26Cl2Si. The van der Waals surface area contributed by atoms with Crippen molar-refractivity contribution in [2.45, 2.75) is 60.8 Å². The van der Waals surface area contributed by atoms with Crippen LogP contribution in [0.4, 0.5) is 0 Å². The summed E-state index contributed by atoms with van der Waals surface area (Å²) < 4.78 is 0. The highest BCUT2D eigenvalue weighted by atomic mass is 35.5. The van der Waals surface area contributed by atoms with Gasteiger partial charge in [-0.15, -0.1) is 0 Å². The van der Waals surface area contributed by atoms with Crippen molar-refractivity contribution in [3.8, 4) is 0 Å². The Morgan fingerprint density at radius 3 is 2.14 bits per heavy atom. The van der Waals surface area contributed by atoms with E-state index in [-0.39, 0.29) is 5.41 Å². The smallest absolute Gasteiger partial charge is 0.0882 e. The largest absolute Gasteiger partial charge is 0.0885 e. The van der Waals surface area contributed by atoms with Crippen LogP contribution in [0.1, 0.15) is 60.8 Å². The van der Waals surface area contributed by atoms with Crippen LogP contribution in [0.2, 0.25) is 0 Å². The van der Waals surface area contributed by atoms with Gasteiger partial charge in [0.15, 0.2) is 0 Å². The Bertz CT molecular complexity index is 605. The van der Waals surface area contributed by atoms with Gasteiger partial charge < -0.3 is 0 Å². The molecular weight excluding hydrogens is 315 g/mol. The Balaban J connectivity index is 2.41. The summed E-state index contributed by atoms with van der Waals surface area (Å²) in [5.74, 6) is 0. The van der Waals surface area contributed by atoms with Crippen LogP contribution in [0.3, 0.4) is 0 Å². The van der Waals surface area contributed by atoms with Crippen molar-refractivity contribution in [3.63, 3.8) is 0 Å². The highest BCUT2D eigenvalue weighted by molar-refractivity contribution is 6.58. The highest BCUT2D eigenvalue weighted by Gasteiger charge is 2.38. The summed E-state index contributed by atoms with van der Waals surface area (Å²) in [4.78, 5) is 0. The van der Waals surface area contributed by atoms with Gasteiger partial charge in [0, 0.05) is 21.9 Å². The second-order valence-electron chi connectivity index (χ2n) is 6.77. The van der Waals surface area contributed by atoms with Crippen LogP contribution in [-0.4, -0.2) is 9.52 Å². The van der Waals surface area contributed by atoms with E-state index in [0.29, 0.717) is 0 Å². The van der Waals surface area contributed by atoms with Crippen molar-refractivity contribution in [2.24, 2.45) is 5.41 Å². The van der Waals surface area contributed by atoms with Gasteiger partial charge in [-0.1, -0.05) is 65.0 Å². The van der Waals surface area contributed by atoms with Crippen LogP contribution >= 0.6 is 23.2 Å². The molecule has 2 rings (SSSR count). The van der Waals surface area contributed by atoms with Crippen molar-refractivity contribution in [2.75, 3.05) is 0 Å². The lowest BCUT2D eigenvalue weighted by atomic mass is 9.81. The fourth-order valence-electron chi connectivity index (χ4n) is 3.80. The summed E-state index contributed by atoms with van der Waals surface area (Å²) in [6.07, 6.45) is 3.25. The molecule has 0 bridgehead atoms. The lowest BCUT2D eigenvalue weighted by Crippen LogP contribution is -2.16. The van der Waals surface area contributed by atoms with Crippen LogP contribution in [0.15, 0.2) is 42.7 Å². The van der Waals surface area contributed by atoms with Crippen molar-refractivity contribution in [1.82, 2.24) is 0 Å². The van der Waals surface area contributed by atoms with E-state index in [9.17, 15) is 0 Å². The molecule has 2 aliphatic carbocycles. The van der Waals surface area contributed by atoms with Crippen LogP contribution < -0.4 is 0 Å². The van der Waals surface area contributed by atoms with Gasteiger partial charge in [0.05, 0.1) is 9.52 Å². The predicted octanol–water partition coefficient (Wildman–Crippen LogP) is 5.95. The minimum absolute atomic E-state index is 0.0667. The second kappa shape index (κ2) is 6.10. The molecule has 21 heavy (non-hydrogen) atoms. The van der Waals surface area contributed by atoms with Crippen LogP contribution in [0.5, 0.6) is 0 Å². The molecule has 0 radical (unpaired) electrons. The van der Waals surface area contributed by atoms with Gasteiger partial charge in [-0.3, -0.25) is 0 Å². The molecule has 0 saturated carbocycles. The summed E-state index contributed by atoms with van der Waals surface area (Å²) in [6, 6.07) is 0. The van der Waals surface area contributed by atoms with Gasteiger partial charge in [-0.25, -0.2) is 0 Å². The third kappa shape index (κ3) is 2.73. The fourth-order valence-corrected chi connectivity index (χ4v) is 7.05. The average molecular weight is 341 g/mol. The van der Waals surface area contributed by atoms with Crippen LogP contribution in [0.25, 0.3) is 0 Å². The summed E-state index contributed by atoms with van der Waals surface area (Å²) >= 11 is 13.1. The number of halogens is 2. The van der Waals surface area contributed by atoms with Gasteiger partial charge in [-0.05, 0) is 45.3 Å². The number of allylic oxidation sites excluding steroid dienone is 8. The first-order valence-electron chi connectivity index (χ1n) is 7.85. The third-order valence-electron chi connectivity index (χ3n) is 5.45. The number of hydrogen-bond donors (Lipinski definition) is 0. The topological polar surface area (TPSA) is 0 Å². The molecule has 0 aliphatic heterocycles. The summed E-state index contributed by atoms with van der Waals surface area (Å²) in [5.41, 5.74) is 5.71. The van der Waals surface area contributed by atoms with E-state index < -0.39 is 9.52 Å². The SMILES string of the molecule is CCCC1(C)C(C)=C([SiH2]C2=C(C)CC(Cl)=C2C)C(C)=C1Cl. The molecule has 0 aromatic carbocycles. The molecule has 0 nitrogen and oxygen atoms in total. The predicted molar refractivity (Wildman–Crippen MR) is 98.7 cm³/mol. The zero-order valence-corrected chi connectivity index (χ0v) is 17.0. The van der Waals surface area contributed by atoms with Gasteiger partial charge in [-0.2, -0.15) is 0 Å². The third-order valence-corrected chi connectivity index (χ3v) is 9.46. The first-order valence-corrected chi connectivity index (χ1v) is 10.0. The van der Waals surface area contributed by atoms with Gasteiger partial charge in [0.1, 0.15) is 0 Å². The van der Waals surface area contributed by atoms with E-state index in [1.54, 1.807) is 10.4 Å². The van der Waals surface area contributed by atoms with E-state index in [1.807, 2.05) is 0 Å². The Labute approximate surface area is 141 Å². The summed E-state index contributed by atoms with van der Waals surface area (Å²) in [7, 11) is -0.500. The lowest BCUT2D eigenvalue weighted by molar-refractivity contribution is 0.458. The lowest BCUT2D eigenvalue weighted by Gasteiger charge is -2.27. The molecule has 116 valence electrons. The van der Waals surface area contributed by atoms with Gasteiger partial charge in [0.2, 0.25) is 0 Å². The minimum Gasteiger partial charge on any atom is -0.0885 e. The van der Waals surface area contributed by atoms with Gasteiger partial charge >= 0.3 is 0 Å². The van der Waals surface area contributed by atoms with Gasteiger partial charge in [0.25, 0.3) is 0 Å². The maximum Gasteiger partial charge on any atom is 0.0882 e.